The second-order valence-corrected chi connectivity index (χ2v) is 6.50. The van der Waals surface area contributed by atoms with Crippen molar-refractivity contribution >= 4 is 40.7 Å². The fourth-order valence-corrected chi connectivity index (χ4v) is 3.12. The van der Waals surface area contributed by atoms with Crippen LogP contribution >= 0.6 is 24.8 Å². The average molecular weight is 368 g/mol. The summed E-state index contributed by atoms with van der Waals surface area (Å²) < 4.78 is 15.0. The molecular weight excluding hydrogens is 345 g/mol. The molecule has 0 saturated heterocycles. The number of pyridine rings is 1. The Bertz CT molecular complexity index is 697. The SMILES string of the molecule is CNC(C)CCOc1ccc2nc(C3=NCCS3)ccc2c1.FS. The number of rotatable bonds is 6. The van der Waals surface area contributed by atoms with Crippen LogP contribution in [0.5, 0.6) is 5.75 Å². The van der Waals surface area contributed by atoms with Gasteiger partial charge in [-0.15, -0.1) is 11.8 Å². The molecule has 0 spiro atoms. The number of benzene rings is 1. The first kappa shape index (κ1) is 19.0. The van der Waals surface area contributed by atoms with Gasteiger partial charge in [0.25, 0.3) is 0 Å². The first-order chi connectivity index (χ1) is 11.8. The minimum Gasteiger partial charge on any atom is -0.494 e. The smallest absolute Gasteiger partial charge is 0.120 e. The summed E-state index contributed by atoms with van der Waals surface area (Å²) in [5, 5.41) is 5.37. The Balaban J connectivity index is 0.00000100. The van der Waals surface area contributed by atoms with E-state index in [0.717, 1.165) is 46.1 Å². The lowest BCUT2D eigenvalue weighted by Gasteiger charge is -2.11. The van der Waals surface area contributed by atoms with E-state index in [1.807, 2.05) is 38.3 Å². The van der Waals surface area contributed by atoms with E-state index in [1.165, 1.54) is 0 Å². The summed E-state index contributed by atoms with van der Waals surface area (Å²) in [5.74, 6) is 1.96. The van der Waals surface area contributed by atoms with E-state index in [-0.39, 0.29) is 0 Å². The van der Waals surface area contributed by atoms with Crippen LogP contribution in [0.2, 0.25) is 0 Å². The number of halogens is 1. The van der Waals surface area contributed by atoms with Crippen LogP contribution in [0.4, 0.5) is 3.89 Å². The summed E-state index contributed by atoms with van der Waals surface area (Å²) in [4.78, 5) is 9.18. The predicted octanol–water partition coefficient (Wildman–Crippen LogP) is 3.91. The van der Waals surface area contributed by atoms with Crippen LogP contribution in [-0.2, 0) is 0 Å². The van der Waals surface area contributed by atoms with Crippen LogP contribution in [0.25, 0.3) is 10.9 Å². The molecule has 1 N–H and O–H groups in total. The van der Waals surface area contributed by atoms with Crippen molar-refractivity contribution in [3.8, 4) is 5.75 Å². The van der Waals surface area contributed by atoms with Crippen molar-refractivity contribution < 1.29 is 8.62 Å². The Labute approximate surface area is 152 Å². The zero-order valence-electron chi connectivity index (χ0n) is 13.8. The van der Waals surface area contributed by atoms with Gasteiger partial charge in [0.2, 0.25) is 0 Å². The van der Waals surface area contributed by atoms with Crippen molar-refractivity contribution in [1.82, 2.24) is 10.3 Å². The largest absolute Gasteiger partial charge is 0.494 e. The lowest BCUT2D eigenvalue weighted by atomic mass is 10.2. The van der Waals surface area contributed by atoms with Crippen molar-refractivity contribution in [3.05, 3.63) is 36.0 Å². The highest BCUT2D eigenvalue weighted by Crippen LogP contribution is 2.23. The first-order valence-corrected chi connectivity index (χ1v) is 9.14. The lowest BCUT2D eigenvalue weighted by molar-refractivity contribution is 0.294. The fourth-order valence-electron chi connectivity index (χ4n) is 2.30. The van der Waals surface area contributed by atoms with Crippen LogP contribution in [0.3, 0.4) is 0 Å². The van der Waals surface area contributed by atoms with E-state index in [9.17, 15) is 3.89 Å². The topological polar surface area (TPSA) is 46.5 Å². The number of hydrogen-bond acceptors (Lipinski definition) is 6. The minimum absolute atomic E-state index is 0.467. The lowest BCUT2D eigenvalue weighted by Crippen LogP contribution is -2.23. The third-order valence-electron chi connectivity index (χ3n) is 3.78. The van der Waals surface area contributed by atoms with Gasteiger partial charge >= 0.3 is 0 Å². The number of fused-ring (bicyclic) bond motifs is 1. The van der Waals surface area contributed by atoms with Gasteiger partial charge in [0.1, 0.15) is 10.8 Å². The van der Waals surface area contributed by atoms with E-state index < -0.39 is 0 Å². The van der Waals surface area contributed by atoms with Crippen molar-refractivity contribution in [2.75, 3.05) is 26.0 Å². The van der Waals surface area contributed by atoms with Gasteiger partial charge in [0, 0.05) is 36.7 Å². The van der Waals surface area contributed by atoms with Crippen LogP contribution in [0, 0.1) is 0 Å². The molecule has 0 aliphatic carbocycles. The summed E-state index contributed by atoms with van der Waals surface area (Å²) in [5.41, 5.74) is 1.97. The van der Waals surface area contributed by atoms with Crippen LogP contribution < -0.4 is 10.1 Å². The number of ether oxygens (including phenoxy) is 1. The molecule has 1 aromatic heterocycles. The molecule has 0 bridgehead atoms. The second kappa shape index (κ2) is 9.86. The van der Waals surface area contributed by atoms with Crippen molar-refractivity contribution in [2.24, 2.45) is 4.99 Å². The maximum absolute atomic E-state index is 9.19. The average Bonchev–Trinajstić information content (AvgIpc) is 3.17. The van der Waals surface area contributed by atoms with E-state index in [2.05, 4.69) is 29.4 Å². The Kier molecular flexibility index (Phi) is 7.81. The van der Waals surface area contributed by atoms with Gasteiger partial charge < -0.3 is 10.1 Å². The number of nitrogens with zero attached hydrogens (tertiary/aromatic N) is 2. The van der Waals surface area contributed by atoms with Crippen LogP contribution in [-0.4, -0.2) is 42.0 Å². The van der Waals surface area contributed by atoms with Crippen molar-refractivity contribution in [3.63, 3.8) is 0 Å². The number of aliphatic imine (C=N–C) groups is 1. The van der Waals surface area contributed by atoms with Gasteiger partial charge in [-0.1, -0.05) is 6.07 Å². The highest BCUT2D eigenvalue weighted by molar-refractivity contribution is 8.14. The Morgan fingerprint density at radius 3 is 2.88 bits per heavy atom. The fraction of sp³-hybridized carbons (Fsp3) is 0.412. The molecule has 130 valence electrons. The minimum atomic E-state index is 0.467. The summed E-state index contributed by atoms with van der Waals surface area (Å²) in [7, 11) is 1.97. The molecule has 1 unspecified atom stereocenters. The molecule has 1 aromatic carbocycles. The molecule has 3 rings (SSSR count). The Morgan fingerprint density at radius 2 is 2.17 bits per heavy atom. The van der Waals surface area contributed by atoms with Crippen LogP contribution in [0.1, 0.15) is 19.0 Å². The highest BCUT2D eigenvalue weighted by atomic mass is 32.2. The molecule has 0 amide bonds. The highest BCUT2D eigenvalue weighted by Gasteiger charge is 2.11. The standard InChI is InChI=1S/C17H21N3OS.FHS/c1-12(18-2)7-9-21-14-4-6-15-13(11-14)3-5-16(20-15)17-19-8-10-22-17;1-2/h3-6,11-12,18H,7-10H2,1-2H3;2H. The number of nitrogens with one attached hydrogen (secondary N) is 1. The normalized spacial score (nSPS) is 14.8. The molecule has 0 fully saturated rings. The maximum atomic E-state index is 9.19. The summed E-state index contributed by atoms with van der Waals surface area (Å²) in [6.07, 6.45) is 0.989. The summed E-state index contributed by atoms with van der Waals surface area (Å²) >= 11 is 3.81. The van der Waals surface area contributed by atoms with Gasteiger partial charge in [-0.3, -0.25) is 4.99 Å². The molecule has 1 atom stereocenters. The van der Waals surface area contributed by atoms with Gasteiger partial charge in [-0.2, -0.15) is 3.89 Å². The van der Waals surface area contributed by atoms with Gasteiger partial charge in [0.05, 0.1) is 17.8 Å². The molecule has 1 aliphatic heterocycles. The summed E-state index contributed by atoms with van der Waals surface area (Å²) in [6, 6.07) is 10.7. The van der Waals surface area contributed by atoms with E-state index in [0.29, 0.717) is 12.6 Å². The number of thiol groups is 1. The molecular formula is C17H22FN3OS2. The molecule has 2 heterocycles. The van der Waals surface area contributed by atoms with Crippen molar-refractivity contribution in [2.45, 2.75) is 19.4 Å². The number of hydrogen-bond donors (Lipinski definition) is 2. The monoisotopic (exact) mass is 367 g/mol. The van der Waals surface area contributed by atoms with E-state index in [1.54, 1.807) is 11.8 Å². The summed E-state index contributed by atoms with van der Waals surface area (Å²) in [6.45, 7) is 3.77. The first-order valence-electron chi connectivity index (χ1n) is 7.81. The number of thioether (sulfide) groups is 1. The third kappa shape index (κ3) is 5.09. The molecule has 0 radical (unpaired) electrons. The quantitative estimate of drug-likeness (QED) is 0.760. The predicted molar refractivity (Wildman–Crippen MR) is 104 cm³/mol. The Morgan fingerprint density at radius 1 is 1.33 bits per heavy atom. The molecule has 1 aliphatic rings. The van der Waals surface area contributed by atoms with Crippen molar-refractivity contribution in [1.29, 1.82) is 0 Å². The van der Waals surface area contributed by atoms with Gasteiger partial charge in [-0.05, 0) is 44.7 Å². The zero-order chi connectivity index (χ0) is 17.4. The third-order valence-corrected chi connectivity index (χ3v) is 4.78. The number of aromatic nitrogens is 1. The Hall–Kier alpha value is -1.31. The molecule has 0 saturated carbocycles. The maximum Gasteiger partial charge on any atom is 0.120 e. The molecule has 2 aromatic rings. The molecule has 24 heavy (non-hydrogen) atoms. The van der Waals surface area contributed by atoms with E-state index >= 15 is 0 Å². The van der Waals surface area contributed by atoms with Gasteiger partial charge in [-0.25, -0.2) is 4.98 Å². The van der Waals surface area contributed by atoms with E-state index in [4.69, 9.17) is 9.72 Å². The zero-order valence-corrected chi connectivity index (χ0v) is 15.5. The second-order valence-electron chi connectivity index (χ2n) is 5.41. The molecule has 4 nitrogen and oxygen atoms in total. The molecule has 7 heteroatoms. The van der Waals surface area contributed by atoms with Crippen LogP contribution in [0.15, 0.2) is 35.3 Å². The van der Waals surface area contributed by atoms with Gasteiger partial charge in [0.15, 0.2) is 0 Å².